The summed E-state index contributed by atoms with van der Waals surface area (Å²) in [4.78, 5) is 12.5. The third kappa shape index (κ3) is 3.25. The molecule has 24 heavy (non-hydrogen) atoms. The Balaban J connectivity index is 1.44. The summed E-state index contributed by atoms with van der Waals surface area (Å²) in [6, 6.07) is 1.09. The Hall–Kier alpha value is -0.950. The van der Waals surface area contributed by atoms with Crippen LogP contribution in [0.4, 0.5) is 0 Å². The molecule has 0 aromatic carbocycles. The summed E-state index contributed by atoms with van der Waals surface area (Å²) in [5, 5.41) is 0. The van der Waals surface area contributed by atoms with Gasteiger partial charge in [0.2, 0.25) is 0 Å². The SMILES string of the molecule is CC1c2ncc(CN3CCN(C)CC3)n2CCN1C1CCOCC1. The van der Waals surface area contributed by atoms with Gasteiger partial charge < -0.3 is 14.2 Å². The van der Waals surface area contributed by atoms with Gasteiger partial charge in [0.05, 0.1) is 11.7 Å². The molecule has 0 aliphatic carbocycles. The van der Waals surface area contributed by atoms with Gasteiger partial charge in [0.25, 0.3) is 0 Å². The van der Waals surface area contributed by atoms with Crippen molar-refractivity contribution in [2.75, 3.05) is 53.0 Å². The molecule has 0 radical (unpaired) electrons. The Morgan fingerprint density at radius 2 is 1.83 bits per heavy atom. The molecule has 1 aromatic heterocycles. The highest BCUT2D eigenvalue weighted by Gasteiger charge is 2.32. The number of hydrogen-bond donors (Lipinski definition) is 0. The van der Waals surface area contributed by atoms with Gasteiger partial charge in [-0.25, -0.2) is 4.98 Å². The van der Waals surface area contributed by atoms with E-state index in [4.69, 9.17) is 9.72 Å². The number of piperazine rings is 1. The van der Waals surface area contributed by atoms with E-state index in [2.05, 4.69) is 39.4 Å². The van der Waals surface area contributed by atoms with Crippen molar-refractivity contribution in [3.8, 4) is 0 Å². The summed E-state index contributed by atoms with van der Waals surface area (Å²) >= 11 is 0. The van der Waals surface area contributed by atoms with Crippen LogP contribution >= 0.6 is 0 Å². The van der Waals surface area contributed by atoms with E-state index < -0.39 is 0 Å². The van der Waals surface area contributed by atoms with Gasteiger partial charge in [-0.1, -0.05) is 0 Å². The van der Waals surface area contributed by atoms with E-state index in [0.717, 1.165) is 32.8 Å². The molecule has 2 saturated heterocycles. The molecule has 3 aliphatic rings. The first-order valence-corrected chi connectivity index (χ1v) is 9.51. The van der Waals surface area contributed by atoms with Crippen LogP contribution < -0.4 is 0 Å². The Morgan fingerprint density at radius 3 is 2.58 bits per heavy atom. The van der Waals surface area contributed by atoms with Crippen LogP contribution in [0.15, 0.2) is 6.20 Å². The lowest BCUT2D eigenvalue weighted by atomic mass is 10.0. The van der Waals surface area contributed by atoms with Gasteiger partial charge in [-0.15, -0.1) is 0 Å². The molecule has 134 valence electrons. The lowest BCUT2D eigenvalue weighted by Crippen LogP contribution is -2.47. The quantitative estimate of drug-likeness (QED) is 0.830. The minimum absolute atomic E-state index is 0.420. The fourth-order valence-electron chi connectivity index (χ4n) is 4.45. The fraction of sp³-hybridized carbons (Fsp3) is 0.833. The number of hydrogen-bond acceptors (Lipinski definition) is 5. The first-order valence-electron chi connectivity index (χ1n) is 9.51. The van der Waals surface area contributed by atoms with E-state index in [-0.39, 0.29) is 0 Å². The van der Waals surface area contributed by atoms with Crippen LogP contribution in [-0.2, 0) is 17.8 Å². The summed E-state index contributed by atoms with van der Waals surface area (Å²) in [7, 11) is 2.21. The maximum absolute atomic E-state index is 5.54. The Morgan fingerprint density at radius 1 is 1.08 bits per heavy atom. The van der Waals surface area contributed by atoms with Crippen molar-refractivity contribution in [1.29, 1.82) is 0 Å². The molecular formula is C18H31N5O. The van der Waals surface area contributed by atoms with Gasteiger partial charge in [0.1, 0.15) is 5.82 Å². The Labute approximate surface area is 145 Å². The molecule has 4 heterocycles. The molecule has 0 N–H and O–H groups in total. The molecule has 6 heteroatoms. The zero-order valence-electron chi connectivity index (χ0n) is 15.2. The third-order valence-electron chi connectivity index (χ3n) is 6.06. The second kappa shape index (κ2) is 7.12. The van der Waals surface area contributed by atoms with Crippen molar-refractivity contribution in [2.45, 2.75) is 44.9 Å². The van der Waals surface area contributed by atoms with Crippen LogP contribution in [0.3, 0.4) is 0 Å². The fourth-order valence-corrected chi connectivity index (χ4v) is 4.45. The van der Waals surface area contributed by atoms with E-state index in [0.29, 0.717) is 12.1 Å². The number of rotatable bonds is 3. The predicted octanol–water partition coefficient (Wildman–Crippen LogP) is 1.19. The van der Waals surface area contributed by atoms with Crippen LogP contribution in [0, 0.1) is 0 Å². The van der Waals surface area contributed by atoms with E-state index in [1.165, 1.54) is 50.5 Å². The maximum atomic E-state index is 5.54. The van der Waals surface area contributed by atoms with Crippen LogP contribution in [0.1, 0.15) is 37.3 Å². The molecule has 1 aromatic rings. The molecule has 4 rings (SSSR count). The van der Waals surface area contributed by atoms with Gasteiger partial charge in [0, 0.05) is 71.3 Å². The molecule has 6 nitrogen and oxygen atoms in total. The number of nitrogens with zero attached hydrogens (tertiary/aromatic N) is 5. The van der Waals surface area contributed by atoms with E-state index in [1.807, 2.05) is 0 Å². The van der Waals surface area contributed by atoms with E-state index >= 15 is 0 Å². The Kier molecular flexibility index (Phi) is 4.90. The van der Waals surface area contributed by atoms with Crippen molar-refractivity contribution in [3.05, 3.63) is 17.7 Å². The topological polar surface area (TPSA) is 36.8 Å². The molecule has 0 saturated carbocycles. The van der Waals surface area contributed by atoms with Gasteiger partial charge >= 0.3 is 0 Å². The van der Waals surface area contributed by atoms with Crippen LogP contribution in [0.2, 0.25) is 0 Å². The largest absolute Gasteiger partial charge is 0.381 e. The molecule has 1 atom stereocenters. The van der Waals surface area contributed by atoms with Crippen molar-refractivity contribution >= 4 is 0 Å². The first-order chi connectivity index (χ1) is 11.7. The summed E-state index contributed by atoms with van der Waals surface area (Å²) in [6.07, 6.45) is 4.45. The standard InChI is InChI=1S/C18H31N5O/c1-15-18-19-13-17(14-21-7-5-20(2)6-8-21)23(18)10-9-22(15)16-3-11-24-12-4-16/h13,15-16H,3-12,14H2,1-2H3. The van der Waals surface area contributed by atoms with Gasteiger partial charge in [-0.2, -0.15) is 0 Å². The van der Waals surface area contributed by atoms with Crippen LogP contribution in [0.5, 0.6) is 0 Å². The second-order valence-corrected chi connectivity index (χ2v) is 7.60. The molecule has 0 amide bonds. The van der Waals surface area contributed by atoms with Gasteiger partial charge in [-0.3, -0.25) is 9.80 Å². The summed E-state index contributed by atoms with van der Waals surface area (Å²) in [5.74, 6) is 1.26. The van der Waals surface area contributed by atoms with E-state index in [1.54, 1.807) is 0 Å². The van der Waals surface area contributed by atoms with Crippen LogP contribution in [-0.4, -0.2) is 83.3 Å². The number of imidazole rings is 1. The summed E-state index contributed by atoms with van der Waals surface area (Å²) in [6.45, 7) is 12.1. The van der Waals surface area contributed by atoms with Gasteiger partial charge in [-0.05, 0) is 26.8 Å². The predicted molar refractivity (Wildman–Crippen MR) is 94.0 cm³/mol. The zero-order chi connectivity index (χ0) is 16.5. The molecule has 3 aliphatic heterocycles. The molecule has 1 unspecified atom stereocenters. The minimum Gasteiger partial charge on any atom is -0.381 e. The normalized spacial score (nSPS) is 28.2. The average Bonchev–Trinajstić information content (AvgIpc) is 3.02. The Bertz CT molecular complexity index is 546. The third-order valence-corrected chi connectivity index (χ3v) is 6.06. The zero-order valence-corrected chi connectivity index (χ0v) is 15.2. The van der Waals surface area contributed by atoms with E-state index in [9.17, 15) is 0 Å². The lowest BCUT2D eigenvalue weighted by molar-refractivity contribution is 0.00850. The highest BCUT2D eigenvalue weighted by atomic mass is 16.5. The highest BCUT2D eigenvalue weighted by Crippen LogP contribution is 2.30. The van der Waals surface area contributed by atoms with Crippen molar-refractivity contribution in [2.24, 2.45) is 0 Å². The number of fused-ring (bicyclic) bond motifs is 1. The van der Waals surface area contributed by atoms with Crippen molar-refractivity contribution in [3.63, 3.8) is 0 Å². The molecule has 0 spiro atoms. The molecule has 2 fully saturated rings. The van der Waals surface area contributed by atoms with Crippen molar-refractivity contribution in [1.82, 2.24) is 24.3 Å². The smallest absolute Gasteiger partial charge is 0.126 e. The number of ether oxygens (including phenoxy) is 1. The lowest BCUT2D eigenvalue weighted by Gasteiger charge is -2.41. The average molecular weight is 333 g/mol. The van der Waals surface area contributed by atoms with Crippen molar-refractivity contribution < 1.29 is 4.74 Å². The molecular weight excluding hydrogens is 302 g/mol. The first kappa shape index (κ1) is 16.5. The number of likely N-dealkylation sites (N-methyl/N-ethyl adjacent to an activating group) is 1. The van der Waals surface area contributed by atoms with Crippen LogP contribution in [0.25, 0.3) is 0 Å². The highest BCUT2D eigenvalue weighted by molar-refractivity contribution is 5.12. The number of aromatic nitrogens is 2. The molecule has 0 bridgehead atoms. The summed E-state index contributed by atoms with van der Waals surface area (Å²) in [5.41, 5.74) is 1.40. The monoisotopic (exact) mass is 333 g/mol. The second-order valence-electron chi connectivity index (χ2n) is 7.60. The van der Waals surface area contributed by atoms with Gasteiger partial charge in [0.15, 0.2) is 0 Å². The minimum atomic E-state index is 0.420. The maximum Gasteiger partial charge on any atom is 0.126 e. The summed E-state index contributed by atoms with van der Waals surface area (Å²) < 4.78 is 8.02.